The molecule has 8 nitrogen and oxygen atoms in total. The molecule has 0 aromatic rings. The first-order valence-electron chi connectivity index (χ1n) is 1.26. The molecule has 3 N–H and O–H groups in total. The normalized spacial score (nSPS) is 7.45. The Bertz CT molecular complexity index is 159. The minimum atomic E-state index is -4.67. The van der Waals surface area contributed by atoms with E-state index < -0.39 is 15.5 Å². The third-order valence-corrected chi connectivity index (χ3v) is 0. The predicted molar refractivity (Wildman–Crippen MR) is 37.3 cm³/mol. The van der Waals surface area contributed by atoms with Crippen LogP contribution in [-0.4, -0.2) is 131 Å². The summed E-state index contributed by atoms with van der Waals surface area (Å²) >= 11 is 0. The van der Waals surface area contributed by atoms with E-state index >= 15 is 0 Å². The Morgan fingerprint density at radius 1 is 1.18 bits per heavy atom. The molecular weight excluding hydrogens is 236 g/mol. The van der Waals surface area contributed by atoms with Crippen molar-refractivity contribution in [3.63, 3.8) is 0 Å². The number of rotatable bonds is 0. The molecule has 0 aromatic carbocycles. The van der Waals surface area contributed by atoms with Crippen molar-refractivity contribution in [3.05, 3.63) is 10.1 Å². The van der Waals surface area contributed by atoms with Gasteiger partial charge in [0.05, 0.1) is 0 Å². The van der Waals surface area contributed by atoms with Crippen molar-refractivity contribution in [2.24, 2.45) is 0 Å². The molecule has 0 aliphatic heterocycles. The van der Waals surface area contributed by atoms with Crippen LogP contribution in [0.25, 0.3) is 0 Å². The van der Waals surface area contributed by atoms with Crippen LogP contribution in [0.5, 0.6) is 0 Å². The van der Waals surface area contributed by atoms with Gasteiger partial charge in [-0.05, 0) is 0 Å². The minimum absolute atomic E-state index is 0. The predicted octanol–water partition coefficient (Wildman–Crippen LogP) is -2.30. The molecule has 0 amide bonds. The Hall–Kier alpha value is 2.34. The van der Waals surface area contributed by atoms with Crippen LogP contribution >= 0.6 is 0 Å². The molecule has 0 radical (unpaired) electrons. The molecule has 0 fully saturated rings. The summed E-state index contributed by atoms with van der Waals surface area (Å²) in [4.78, 5) is 8.36. The molecule has 0 unspecified atom stereocenters. The summed E-state index contributed by atoms with van der Waals surface area (Å²) in [6.45, 7) is 0. The summed E-state index contributed by atoms with van der Waals surface area (Å²) in [7, 11) is -4.67. The zero-order valence-corrected chi connectivity index (χ0v) is 4.65. The number of hydrogen-bond donors (Lipinski definition) is 3. The first kappa shape index (κ1) is 23.3. The van der Waals surface area contributed by atoms with E-state index in [1.54, 1.807) is 0 Å². The summed E-state index contributed by atoms with van der Waals surface area (Å²) in [5.74, 6) is 0. The van der Waals surface area contributed by atoms with Crippen molar-refractivity contribution < 1.29 is 27.8 Å². The molecule has 0 heterocycles. The van der Waals surface area contributed by atoms with Gasteiger partial charge in [0.1, 0.15) is 0 Å². The molecule has 0 rings (SSSR count). The van der Waals surface area contributed by atoms with Crippen LogP contribution in [0.15, 0.2) is 0 Å². The van der Waals surface area contributed by atoms with E-state index in [1.807, 2.05) is 0 Å². The Morgan fingerprint density at radius 2 is 1.18 bits per heavy atom. The molecule has 0 spiro atoms. The maximum atomic E-state index is 8.74. The average molecular weight is 241 g/mol. The average Bonchev–Trinajstić information content (AvgIpc) is 1.19. The zero-order valence-electron chi connectivity index (χ0n) is 3.83. The number of nitrogens with zero attached hydrogens (tertiary/aromatic N) is 1. The molecule has 0 saturated heterocycles. The van der Waals surface area contributed by atoms with Gasteiger partial charge in [0.25, 0.3) is 5.09 Å². The molecular formula is H5K2NO7S. The summed E-state index contributed by atoms with van der Waals surface area (Å²) in [5, 5.41) is 13.6. The van der Waals surface area contributed by atoms with Gasteiger partial charge < -0.3 is 5.21 Å². The van der Waals surface area contributed by atoms with Crippen LogP contribution in [0.3, 0.4) is 0 Å². The van der Waals surface area contributed by atoms with Crippen LogP contribution in [0.1, 0.15) is 0 Å². The van der Waals surface area contributed by atoms with Gasteiger partial charge in [0, 0.05) is 0 Å². The summed E-state index contributed by atoms with van der Waals surface area (Å²) < 4.78 is 31.6. The molecule has 0 atom stereocenters. The first-order valence-corrected chi connectivity index (χ1v) is 2.66. The van der Waals surface area contributed by atoms with Crippen molar-refractivity contribution in [2.75, 3.05) is 0 Å². The van der Waals surface area contributed by atoms with Crippen molar-refractivity contribution in [3.8, 4) is 0 Å². The second-order valence-corrected chi connectivity index (χ2v) is 1.58. The van der Waals surface area contributed by atoms with Crippen molar-refractivity contribution in [2.45, 2.75) is 0 Å². The molecule has 11 heteroatoms. The second kappa shape index (κ2) is 12.3. The molecule has 11 heavy (non-hydrogen) atoms. The van der Waals surface area contributed by atoms with E-state index in [0.717, 1.165) is 0 Å². The van der Waals surface area contributed by atoms with Crippen LogP contribution in [-0.2, 0) is 10.4 Å². The van der Waals surface area contributed by atoms with E-state index in [2.05, 4.69) is 0 Å². The van der Waals surface area contributed by atoms with Crippen LogP contribution < -0.4 is 0 Å². The number of hydrogen-bond acceptors (Lipinski definition) is 4. The second-order valence-electron chi connectivity index (χ2n) is 0.686. The van der Waals surface area contributed by atoms with Crippen molar-refractivity contribution in [1.82, 2.24) is 0 Å². The quantitative estimate of drug-likeness (QED) is 0.188. The van der Waals surface area contributed by atoms with E-state index in [0.29, 0.717) is 0 Å². The Morgan fingerprint density at radius 3 is 1.18 bits per heavy atom. The SMILES string of the molecule is O=S(=O)(O)O.O=[N+]([O-])O.[KH].[KH]. The van der Waals surface area contributed by atoms with Crippen molar-refractivity contribution in [1.29, 1.82) is 0 Å². The van der Waals surface area contributed by atoms with Crippen LogP contribution in [0, 0.1) is 10.1 Å². The van der Waals surface area contributed by atoms with Crippen molar-refractivity contribution >= 4 is 113 Å². The van der Waals surface area contributed by atoms with Gasteiger partial charge in [0.15, 0.2) is 0 Å². The Kier molecular flexibility index (Phi) is 26.1. The topological polar surface area (TPSA) is 138 Å². The molecule has 60 valence electrons. The molecule has 0 aliphatic carbocycles. The van der Waals surface area contributed by atoms with Gasteiger partial charge in [-0.2, -0.15) is 8.42 Å². The molecule has 0 bridgehead atoms. The summed E-state index contributed by atoms with van der Waals surface area (Å²) in [5.41, 5.74) is 0. The fourth-order valence-electron chi connectivity index (χ4n) is 0. The van der Waals surface area contributed by atoms with E-state index in [1.165, 1.54) is 0 Å². The van der Waals surface area contributed by atoms with Gasteiger partial charge in [0.2, 0.25) is 0 Å². The summed E-state index contributed by atoms with van der Waals surface area (Å²) in [6.07, 6.45) is 0. The molecule has 0 saturated carbocycles. The third-order valence-electron chi connectivity index (χ3n) is 0. The van der Waals surface area contributed by atoms with E-state index in [-0.39, 0.29) is 103 Å². The van der Waals surface area contributed by atoms with Gasteiger partial charge in [-0.1, -0.05) is 0 Å². The van der Waals surface area contributed by atoms with Gasteiger partial charge in [-0.25, -0.2) is 0 Å². The van der Waals surface area contributed by atoms with Gasteiger partial charge in [-0.3, -0.25) is 9.11 Å². The van der Waals surface area contributed by atoms with Gasteiger partial charge in [-0.15, -0.1) is 10.1 Å². The monoisotopic (exact) mass is 241 g/mol. The molecule has 0 aromatic heterocycles. The van der Waals surface area contributed by atoms with Crippen LogP contribution in [0.2, 0.25) is 0 Å². The Balaban J connectivity index is -0.0000000383. The standard InChI is InChI=1S/2K.HNO3.H2O4S.2H/c;;2-1(3)4;1-5(2,3)4;;/h;;(H,2,3,4);(H2,1,2,3,4);;. The van der Waals surface area contributed by atoms with Gasteiger partial charge >= 0.3 is 113 Å². The third kappa shape index (κ3) is 241. The van der Waals surface area contributed by atoms with Crippen LogP contribution in [0.4, 0.5) is 0 Å². The maximum absolute atomic E-state index is 8.74. The molecule has 0 aliphatic rings. The zero-order chi connectivity index (χ0) is 8.08. The summed E-state index contributed by atoms with van der Waals surface area (Å²) in [6, 6.07) is 0. The first-order chi connectivity index (χ1) is 3.73. The fourth-order valence-corrected chi connectivity index (χ4v) is 0. The van der Waals surface area contributed by atoms with E-state index in [4.69, 9.17) is 32.8 Å². The van der Waals surface area contributed by atoms with E-state index in [9.17, 15) is 0 Å². The Labute approximate surface area is 147 Å². The fraction of sp³-hybridized carbons (Fsp3) is 0.